The van der Waals surface area contributed by atoms with E-state index in [-0.39, 0.29) is 12.4 Å². The first kappa shape index (κ1) is 12.3. The molecule has 6 nitrogen and oxygen atoms in total. The van der Waals surface area contributed by atoms with E-state index in [0.29, 0.717) is 16.7 Å². The summed E-state index contributed by atoms with van der Waals surface area (Å²) in [6, 6.07) is 3.70. The standard InChI is InChI=1S/C12H8F2N4O2/c13-7-1-2-9(10(14)11(7)19)20-5-8-6-3-4-15-17-12(6)18-16-8/h1-4,19H,5H2,(H,16,17,18). The van der Waals surface area contributed by atoms with Gasteiger partial charge in [-0.3, -0.25) is 5.10 Å². The van der Waals surface area contributed by atoms with Gasteiger partial charge in [-0.25, -0.2) is 4.39 Å². The van der Waals surface area contributed by atoms with Crippen LogP contribution >= 0.6 is 0 Å². The van der Waals surface area contributed by atoms with Crippen LogP contribution in [0.15, 0.2) is 24.4 Å². The highest BCUT2D eigenvalue weighted by atomic mass is 19.1. The number of benzene rings is 1. The van der Waals surface area contributed by atoms with E-state index in [1.807, 2.05) is 0 Å². The van der Waals surface area contributed by atoms with Crippen molar-refractivity contribution in [2.45, 2.75) is 6.61 Å². The SMILES string of the molecule is Oc1c(F)ccc(OCc2n[nH]c3nnccc23)c1F. The van der Waals surface area contributed by atoms with Crippen LogP contribution in [-0.4, -0.2) is 25.5 Å². The van der Waals surface area contributed by atoms with Crippen LogP contribution in [0.1, 0.15) is 5.69 Å². The Kier molecular flexibility index (Phi) is 2.90. The third-order valence-electron chi connectivity index (χ3n) is 2.72. The van der Waals surface area contributed by atoms with Gasteiger partial charge in [-0.1, -0.05) is 0 Å². The molecule has 8 heteroatoms. The zero-order valence-electron chi connectivity index (χ0n) is 9.97. The third kappa shape index (κ3) is 2.00. The lowest BCUT2D eigenvalue weighted by Crippen LogP contribution is -1.99. The summed E-state index contributed by atoms with van der Waals surface area (Å²) in [4.78, 5) is 0. The Morgan fingerprint density at radius 2 is 2.10 bits per heavy atom. The van der Waals surface area contributed by atoms with Crippen molar-refractivity contribution in [3.8, 4) is 11.5 Å². The Bertz CT molecular complexity index is 775. The minimum absolute atomic E-state index is 0.0618. The van der Waals surface area contributed by atoms with Crippen molar-refractivity contribution in [3.63, 3.8) is 0 Å². The van der Waals surface area contributed by atoms with Crippen LogP contribution in [0, 0.1) is 11.6 Å². The highest BCUT2D eigenvalue weighted by Crippen LogP contribution is 2.29. The van der Waals surface area contributed by atoms with E-state index in [1.165, 1.54) is 6.20 Å². The molecule has 2 aromatic heterocycles. The van der Waals surface area contributed by atoms with Gasteiger partial charge in [0, 0.05) is 5.39 Å². The minimum atomic E-state index is -1.15. The molecule has 0 saturated heterocycles. The quantitative estimate of drug-likeness (QED) is 0.764. The number of phenolic OH excluding ortho intramolecular Hbond substituents is 1. The number of phenols is 1. The largest absolute Gasteiger partial charge is 0.503 e. The van der Waals surface area contributed by atoms with Gasteiger partial charge in [0.15, 0.2) is 23.0 Å². The maximum Gasteiger partial charge on any atom is 0.209 e. The van der Waals surface area contributed by atoms with Crippen molar-refractivity contribution in [3.05, 3.63) is 41.7 Å². The Balaban J connectivity index is 1.85. The first-order valence-corrected chi connectivity index (χ1v) is 5.61. The fourth-order valence-electron chi connectivity index (χ4n) is 1.72. The average molecular weight is 278 g/mol. The van der Waals surface area contributed by atoms with E-state index in [4.69, 9.17) is 9.84 Å². The highest BCUT2D eigenvalue weighted by Gasteiger charge is 2.15. The molecule has 0 saturated carbocycles. The summed E-state index contributed by atoms with van der Waals surface area (Å²) in [7, 11) is 0. The molecule has 0 spiro atoms. The van der Waals surface area contributed by atoms with Crippen molar-refractivity contribution in [1.29, 1.82) is 0 Å². The van der Waals surface area contributed by atoms with Crippen LogP contribution in [0.25, 0.3) is 11.0 Å². The van der Waals surface area contributed by atoms with Gasteiger partial charge in [0.05, 0.1) is 6.20 Å². The summed E-state index contributed by atoms with van der Waals surface area (Å²) in [5, 5.41) is 24.0. The number of aromatic amines is 1. The highest BCUT2D eigenvalue weighted by molar-refractivity contribution is 5.76. The van der Waals surface area contributed by atoms with Crippen molar-refractivity contribution in [1.82, 2.24) is 20.4 Å². The van der Waals surface area contributed by atoms with Crippen LogP contribution in [0.5, 0.6) is 11.5 Å². The number of H-pyrrole nitrogens is 1. The first-order valence-electron chi connectivity index (χ1n) is 5.61. The Morgan fingerprint density at radius 3 is 2.95 bits per heavy atom. The number of hydrogen-bond donors (Lipinski definition) is 2. The first-order chi connectivity index (χ1) is 9.66. The number of aromatic nitrogens is 4. The summed E-state index contributed by atoms with van der Waals surface area (Å²) in [6.07, 6.45) is 1.49. The molecule has 102 valence electrons. The van der Waals surface area contributed by atoms with Gasteiger partial charge < -0.3 is 9.84 Å². The molecule has 2 heterocycles. The molecule has 2 N–H and O–H groups in total. The fraction of sp³-hybridized carbons (Fsp3) is 0.0833. The fourth-order valence-corrected chi connectivity index (χ4v) is 1.72. The van der Waals surface area contributed by atoms with Crippen LogP contribution in [0.4, 0.5) is 8.78 Å². The predicted molar refractivity (Wildman–Crippen MR) is 64.0 cm³/mol. The Morgan fingerprint density at radius 1 is 1.25 bits per heavy atom. The van der Waals surface area contributed by atoms with E-state index >= 15 is 0 Å². The maximum absolute atomic E-state index is 13.5. The van der Waals surface area contributed by atoms with Gasteiger partial charge >= 0.3 is 0 Å². The molecule has 0 amide bonds. The van der Waals surface area contributed by atoms with Gasteiger partial charge in [0.25, 0.3) is 0 Å². The molecule has 3 rings (SSSR count). The van der Waals surface area contributed by atoms with Crippen LogP contribution in [0.2, 0.25) is 0 Å². The zero-order valence-corrected chi connectivity index (χ0v) is 9.97. The number of ether oxygens (including phenoxy) is 1. The predicted octanol–water partition coefficient (Wildman–Crippen LogP) is 1.92. The summed E-state index contributed by atoms with van der Waals surface area (Å²) in [6.45, 7) is -0.0618. The second-order valence-electron chi connectivity index (χ2n) is 3.96. The molecule has 3 aromatic rings. The summed E-state index contributed by atoms with van der Waals surface area (Å²) >= 11 is 0. The van der Waals surface area contributed by atoms with Crippen molar-refractivity contribution in [2.75, 3.05) is 0 Å². The molecule has 0 bridgehead atoms. The molecule has 0 aliphatic carbocycles. The summed E-state index contributed by atoms with van der Waals surface area (Å²) < 4.78 is 31.6. The normalized spacial score (nSPS) is 10.9. The molecule has 0 radical (unpaired) electrons. The number of aromatic hydroxyl groups is 1. The van der Waals surface area contributed by atoms with Crippen LogP contribution < -0.4 is 4.74 Å². The smallest absolute Gasteiger partial charge is 0.209 e. The molecule has 0 aliphatic rings. The molecule has 0 unspecified atom stereocenters. The van der Waals surface area contributed by atoms with Crippen molar-refractivity contribution < 1.29 is 18.6 Å². The second-order valence-corrected chi connectivity index (χ2v) is 3.96. The second kappa shape index (κ2) is 4.72. The number of hydrogen-bond acceptors (Lipinski definition) is 5. The van der Waals surface area contributed by atoms with Crippen LogP contribution in [-0.2, 0) is 6.61 Å². The number of fused-ring (bicyclic) bond motifs is 1. The molecule has 1 aromatic carbocycles. The lowest BCUT2D eigenvalue weighted by atomic mass is 10.3. The summed E-state index contributed by atoms with van der Waals surface area (Å²) in [5.41, 5.74) is 0.978. The molecule has 20 heavy (non-hydrogen) atoms. The van der Waals surface area contributed by atoms with Gasteiger partial charge in [-0.2, -0.15) is 14.6 Å². The molecular weight excluding hydrogens is 270 g/mol. The lowest BCUT2D eigenvalue weighted by Gasteiger charge is -2.07. The minimum Gasteiger partial charge on any atom is -0.503 e. The molecule has 0 atom stereocenters. The van der Waals surface area contributed by atoms with Gasteiger partial charge in [-0.05, 0) is 18.2 Å². The number of nitrogens with one attached hydrogen (secondary N) is 1. The lowest BCUT2D eigenvalue weighted by molar-refractivity contribution is 0.278. The Labute approximate surface area is 111 Å². The molecule has 0 aliphatic heterocycles. The van der Waals surface area contributed by atoms with Gasteiger partial charge in [0.2, 0.25) is 5.82 Å². The monoisotopic (exact) mass is 278 g/mol. The number of nitrogens with zero attached hydrogens (tertiary/aromatic N) is 3. The van der Waals surface area contributed by atoms with Crippen molar-refractivity contribution >= 4 is 11.0 Å². The molecular formula is C12H8F2N4O2. The number of halogens is 2. The van der Waals surface area contributed by atoms with Gasteiger partial charge in [0.1, 0.15) is 12.3 Å². The molecule has 0 fully saturated rings. The van der Waals surface area contributed by atoms with E-state index in [0.717, 1.165) is 12.1 Å². The van der Waals surface area contributed by atoms with E-state index < -0.39 is 17.4 Å². The average Bonchev–Trinajstić information content (AvgIpc) is 2.87. The van der Waals surface area contributed by atoms with E-state index in [9.17, 15) is 8.78 Å². The third-order valence-corrected chi connectivity index (χ3v) is 2.72. The topological polar surface area (TPSA) is 83.9 Å². The van der Waals surface area contributed by atoms with E-state index in [2.05, 4.69) is 20.4 Å². The summed E-state index contributed by atoms with van der Waals surface area (Å²) in [5.74, 6) is -3.53. The van der Waals surface area contributed by atoms with Crippen molar-refractivity contribution in [2.24, 2.45) is 0 Å². The van der Waals surface area contributed by atoms with Gasteiger partial charge in [-0.15, -0.1) is 5.10 Å². The van der Waals surface area contributed by atoms with Crippen LogP contribution in [0.3, 0.4) is 0 Å². The Hall–Kier alpha value is -2.77. The van der Waals surface area contributed by atoms with E-state index in [1.54, 1.807) is 6.07 Å². The number of rotatable bonds is 3. The zero-order chi connectivity index (χ0) is 14.1. The maximum atomic E-state index is 13.5.